The number of H-pyrrole nitrogens is 1. The Morgan fingerprint density at radius 3 is 2.78 bits per heavy atom. The number of aryl methyl sites for hydroxylation is 2. The molecule has 2 bridgehead atoms. The molecule has 5 rings (SSSR count). The van der Waals surface area contributed by atoms with Crippen LogP contribution in [-0.4, -0.2) is 45.5 Å². The molecule has 4 heterocycles. The van der Waals surface area contributed by atoms with E-state index in [0.29, 0.717) is 22.9 Å². The highest BCUT2D eigenvalue weighted by Crippen LogP contribution is 2.29. The molecule has 2 unspecified atom stereocenters. The molecule has 2 fully saturated rings. The lowest BCUT2D eigenvalue weighted by Gasteiger charge is -2.30. The number of halogens is 1. The van der Waals surface area contributed by atoms with Crippen LogP contribution in [-0.2, 0) is 4.74 Å². The van der Waals surface area contributed by atoms with Crippen LogP contribution in [0.3, 0.4) is 0 Å². The standard InChI is InChI=1S/C19H20BrN5O2/c1-10-3-13(20)4-11(2)16(10)25-8-15-17(23-25)21-19(22-18(15)26)24-6-12-5-14(7-24)27-9-12/h3-4,8,12,14H,5-7,9H2,1-2H3,(H,21,22,23,26). The first-order valence-electron chi connectivity index (χ1n) is 9.11. The molecule has 2 aliphatic rings. The largest absolute Gasteiger partial charge is 0.376 e. The highest BCUT2D eigenvalue weighted by molar-refractivity contribution is 9.10. The van der Waals surface area contributed by atoms with Crippen molar-refractivity contribution in [3.8, 4) is 5.69 Å². The van der Waals surface area contributed by atoms with Gasteiger partial charge in [-0.05, 0) is 43.5 Å². The molecule has 3 aromatic rings. The molecule has 1 aromatic carbocycles. The summed E-state index contributed by atoms with van der Waals surface area (Å²) < 4.78 is 8.55. The van der Waals surface area contributed by atoms with Crippen molar-refractivity contribution in [2.24, 2.45) is 5.92 Å². The van der Waals surface area contributed by atoms with Crippen LogP contribution >= 0.6 is 15.9 Å². The first kappa shape index (κ1) is 16.9. The Labute approximate surface area is 164 Å². The van der Waals surface area contributed by atoms with Crippen molar-refractivity contribution in [3.63, 3.8) is 0 Å². The first-order valence-corrected chi connectivity index (χ1v) is 9.90. The second kappa shape index (κ2) is 6.17. The van der Waals surface area contributed by atoms with E-state index in [0.717, 1.165) is 47.4 Å². The number of anilines is 1. The van der Waals surface area contributed by atoms with E-state index in [1.807, 2.05) is 26.0 Å². The van der Waals surface area contributed by atoms with E-state index in [1.54, 1.807) is 10.9 Å². The lowest BCUT2D eigenvalue weighted by molar-refractivity contribution is 0.119. The molecule has 2 aromatic heterocycles. The molecule has 7 nitrogen and oxygen atoms in total. The summed E-state index contributed by atoms with van der Waals surface area (Å²) in [5, 5.41) is 5.11. The van der Waals surface area contributed by atoms with Gasteiger partial charge in [-0.1, -0.05) is 15.9 Å². The number of nitrogens with zero attached hydrogens (tertiary/aromatic N) is 4. The maximum Gasteiger partial charge on any atom is 0.263 e. The van der Waals surface area contributed by atoms with Gasteiger partial charge in [-0.15, -0.1) is 5.10 Å². The van der Waals surface area contributed by atoms with Gasteiger partial charge >= 0.3 is 0 Å². The second-order valence-corrected chi connectivity index (χ2v) is 8.47. The number of ether oxygens (including phenoxy) is 1. The maximum absolute atomic E-state index is 12.7. The highest BCUT2D eigenvalue weighted by Gasteiger charge is 2.35. The fourth-order valence-corrected chi connectivity index (χ4v) is 4.96. The van der Waals surface area contributed by atoms with E-state index in [-0.39, 0.29) is 11.7 Å². The summed E-state index contributed by atoms with van der Waals surface area (Å²) in [5.74, 6) is 1.09. The van der Waals surface area contributed by atoms with Gasteiger partial charge in [-0.25, -0.2) is 4.68 Å². The second-order valence-electron chi connectivity index (χ2n) is 7.55. The van der Waals surface area contributed by atoms with Gasteiger partial charge in [0.1, 0.15) is 5.39 Å². The van der Waals surface area contributed by atoms with Crippen LogP contribution in [0.4, 0.5) is 5.95 Å². The zero-order valence-corrected chi connectivity index (χ0v) is 16.8. The number of hydrogen-bond donors (Lipinski definition) is 1. The molecular weight excluding hydrogens is 410 g/mol. The van der Waals surface area contributed by atoms with E-state index < -0.39 is 0 Å². The number of hydrogen-bond acceptors (Lipinski definition) is 5. The molecule has 0 aliphatic carbocycles. The molecule has 0 radical (unpaired) electrons. The highest BCUT2D eigenvalue weighted by atomic mass is 79.9. The smallest absolute Gasteiger partial charge is 0.263 e. The van der Waals surface area contributed by atoms with Crippen LogP contribution in [0.15, 0.2) is 27.6 Å². The van der Waals surface area contributed by atoms with Crippen molar-refractivity contribution in [1.29, 1.82) is 0 Å². The summed E-state index contributed by atoms with van der Waals surface area (Å²) in [6.07, 6.45) is 3.09. The monoisotopic (exact) mass is 429 g/mol. The summed E-state index contributed by atoms with van der Waals surface area (Å²) in [7, 11) is 0. The van der Waals surface area contributed by atoms with Crippen LogP contribution in [0.2, 0.25) is 0 Å². The van der Waals surface area contributed by atoms with E-state index >= 15 is 0 Å². The predicted octanol–water partition coefficient (Wildman–Crippen LogP) is 2.71. The Bertz CT molecular complexity index is 1070. The van der Waals surface area contributed by atoms with E-state index in [2.05, 4.69) is 35.9 Å². The molecule has 2 aliphatic heterocycles. The molecule has 2 saturated heterocycles. The first-order chi connectivity index (χ1) is 13.0. The van der Waals surface area contributed by atoms with Gasteiger partial charge in [0, 0.05) is 29.7 Å². The molecular formula is C19H20BrN5O2. The minimum atomic E-state index is -0.160. The summed E-state index contributed by atoms with van der Waals surface area (Å²) >= 11 is 3.52. The van der Waals surface area contributed by atoms with Crippen molar-refractivity contribution < 1.29 is 4.74 Å². The predicted molar refractivity (Wildman–Crippen MR) is 107 cm³/mol. The van der Waals surface area contributed by atoms with Crippen LogP contribution < -0.4 is 10.5 Å². The molecule has 2 atom stereocenters. The van der Waals surface area contributed by atoms with Crippen LogP contribution in [0.1, 0.15) is 17.5 Å². The fraction of sp³-hybridized carbons (Fsp3) is 0.421. The normalized spacial score (nSPS) is 22.0. The van der Waals surface area contributed by atoms with E-state index in [9.17, 15) is 4.79 Å². The van der Waals surface area contributed by atoms with Crippen molar-refractivity contribution in [3.05, 3.63) is 44.3 Å². The van der Waals surface area contributed by atoms with Gasteiger partial charge in [0.25, 0.3) is 5.56 Å². The van der Waals surface area contributed by atoms with Crippen LogP contribution in [0.25, 0.3) is 16.7 Å². The average Bonchev–Trinajstić information content (AvgIpc) is 3.17. The number of aromatic amines is 1. The van der Waals surface area contributed by atoms with Crippen molar-refractivity contribution in [2.45, 2.75) is 26.4 Å². The quantitative estimate of drug-likeness (QED) is 0.677. The fourth-order valence-electron chi connectivity index (χ4n) is 4.27. The van der Waals surface area contributed by atoms with E-state index in [1.165, 1.54) is 0 Å². The Hall–Kier alpha value is -2.19. The minimum absolute atomic E-state index is 0.160. The number of fused-ring (bicyclic) bond motifs is 3. The number of rotatable bonds is 2. The van der Waals surface area contributed by atoms with Crippen LogP contribution in [0.5, 0.6) is 0 Å². The zero-order chi connectivity index (χ0) is 18.7. The summed E-state index contributed by atoms with van der Waals surface area (Å²) in [5.41, 5.74) is 3.44. The molecule has 0 spiro atoms. The lowest BCUT2D eigenvalue weighted by Crippen LogP contribution is -2.40. The maximum atomic E-state index is 12.7. The number of piperidine rings is 1. The van der Waals surface area contributed by atoms with E-state index in [4.69, 9.17) is 4.74 Å². The third kappa shape index (κ3) is 2.87. The Morgan fingerprint density at radius 2 is 2.04 bits per heavy atom. The summed E-state index contributed by atoms with van der Waals surface area (Å²) in [6.45, 7) is 6.48. The van der Waals surface area contributed by atoms with Gasteiger partial charge in [0.05, 0.1) is 18.4 Å². The SMILES string of the molecule is Cc1cc(Br)cc(C)c1-n1cc2c(=O)[nH]c(N3CC4COC(C4)C3)nc2n1. The van der Waals surface area contributed by atoms with Gasteiger partial charge < -0.3 is 9.64 Å². The van der Waals surface area contributed by atoms with Crippen molar-refractivity contribution >= 4 is 32.9 Å². The average molecular weight is 430 g/mol. The number of aromatic nitrogens is 4. The Morgan fingerprint density at radius 1 is 1.26 bits per heavy atom. The topological polar surface area (TPSA) is 76.0 Å². The van der Waals surface area contributed by atoms with Gasteiger partial charge in [0.15, 0.2) is 5.65 Å². The van der Waals surface area contributed by atoms with Gasteiger partial charge in [-0.2, -0.15) is 4.98 Å². The molecule has 140 valence electrons. The third-order valence-electron chi connectivity index (χ3n) is 5.43. The molecule has 8 heteroatoms. The van der Waals surface area contributed by atoms with Gasteiger partial charge in [-0.3, -0.25) is 9.78 Å². The Kier molecular flexibility index (Phi) is 3.87. The molecule has 0 saturated carbocycles. The summed E-state index contributed by atoms with van der Waals surface area (Å²) in [4.78, 5) is 22.4. The third-order valence-corrected chi connectivity index (χ3v) is 5.89. The van der Waals surface area contributed by atoms with Crippen LogP contribution in [0, 0.1) is 19.8 Å². The summed E-state index contributed by atoms with van der Waals surface area (Å²) in [6, 6.07) is 4.09. The van der Waals surface area contributed by atoms with Crippen molar-refractivity contribution in [1.82, 2.24) is 19.7 Å². The number of nitrogens with one attached hydrogen (secondary N) is 1. The van der Waals surface area contributed by atoms with Crippen molar-refractivity contribution in [2.75, 3.05) is 24.6 Å². The minimum Gasteiger partial charge on any atom is -0.376 e. The molecule has 1 N–H and O–H groups in total. The number of benzene rings is 1. The molecule has 0 amide bonds. The van der Waals surface area contributed by atoms with Gasteiger partial charge in [0.2, 0.25) is 5.95 Å². The lowest BCUT2D eigenvalue weighted by atomic mass is 10.0. The zero-order valence-electron chi connectivity index (χ0n) is 15.2. The Balaban J connectivity index is 1.59. The molecule has 27 heavy (non-hydrogen) atoms.